The van der Waals surface area contributed by atoms with Gasteiger partial charge in [0, 0.05) is 24.7 Å². The van der Waals surface area contributed by atoms with Crippen molar-refractivity contribution >= 4 is 17.6 Å². The van der Waals surface area contributed by atoms with Crippen LogP contribution in [-0.4, -0.2) is 49.1 Å². The Hall–Kier alpha value is -3.84. The summed E-state index contributed by atoms with van der Waals surface area (Å²) in [7, 11) is 0. The van der Waals surface area contributed by atoms with Crippen molar-refractivity contribution < 1.29 is 14.3 Å². The summed E-state index contributed by atoms with van der Waals surface area (Å²) in [6.07, 6.45) is 3.81. The number of hydrogen-bond donors (Lipinski definition) is 3. The molecule has 1 atom stereocenters. The normalized spacial score (nSPS) is 14.1. The average molecular weight is 487 g/mol. The van der Waals surface area contributed by atoms with Gasteiger partial charge in [0.2, 0.25) is 5.91 Å². The first-order valence-electron chi connectivity index (χ1n) is 12.6. The van der Waals surface area contributed by atoms with E-state index in [0.717, 1.165) is 31.6 Å². The van der Waals surface area contributed by atoms with Gasteiger partial charge in [0.05, 0.1) is 0 Å². The second-order valence-corrected chi connectivity index (χ2v) is 8.98. The predicted octanol–water partition coefficient (Wildman–Crippen LogP) is 4.81. The van der Waals surface area contributed by atoms with Crippen LogP contribution in [0.1, 0.15) is 24.8 Å². The molecule has 7 heteroatoms. The van der Waals surface area contributed by atoms with Crippen LogP contribution >= 0.6 is 0 Å². The number of amides is 3. The molecule has 1 fully saturated rings. The molecule has 1 aliphatic rings. The molecule has 7 nitrogen and oxygen atoms in total. The maximum absolute atomic E-state index is 13.0. The molecule has 3 N–H and O–H groups in total. The van der Waals surface area contributed by atoms with Gasteiger partial charge in [-0.3, -0.25) is 4.79 Å². The minimum atomic E-state index is -0.692. The fourth-order valence-electron chi connectivity index (χ4n) is 4.29. The zero-order valence-electron chi connectivity index (χ0n) is 20.5. The van der Waals surface area contributed by atoms with Crippen LogP contribution in [0.15, 0.2) is 84.9 Å². The highest BCUT2D eigenvalue weighted by Gasteiger charge is 2.21. The molecular weight excluding hydrogens is 452 g/mol. The Labute approximate surface area is 212 Å². The van der Waals surface area contributed by atoms with Crippen LogP contribution in [-0.2, 0) is 11.2 Å². The molecular formula is C29H34N4O3. The van der Waals surface area contributed by atoms with Crippen LogP contribution in [0.4, 0.5) is 10.5 Å². The maximum atomic E-state index is 13.0. The number of para-hydroxylation sites is 1. The Balaban J connectivity index is 1.33. The summed E-state index contributed by atoms with van der Waals surface area (Å²) >= 11 is 0. The summed E-state index contributed by atoms with van der Waals surface area (Å²) in [6, 6.07) is 25.2. The number of carbonyl (C=O) groups excluding carboxylic acids is 2. The summed E-state index contributed by atoms with van der Waals surface area (Å²) in [6.45, 7) is 3.86. The van der Waals surface area contributed by atoms with Crippen molar-refractivity contribution in [3.63, 3.8) is 0 Å². The van der Waals surface area contributed by atoms with Crippen molar-refractivity contribution in [2.24, 2.45) is 0 Å². The van der Waals surface area contributed by atoms with Crippen molar-refractivity contribution in [3.8, 4) is 11.5 Å². The first kappa shape index (κ1) is 25.3. The molecule has 1 heterocycles. The molecule has 188 valence electrons. The van der Waals surface area contributed by atoms with Crippen LogP contribution in [0.2, 0.25) is 0 Å². The van der Waals surface area contributed by atoms with E-state index < -0.39 is 12.1 Å². The first-order chi connectivity index (χ1) is 17.7. The number of benzene rings is 3. The van der Waals surface area contributed by atoms with Gasteiger partial charge in [-0.25, -0.2) is 4.79 Å². The van der Waals surface area contributed by atoms with Gasteiger partial charge in [0.15, 0.2) is 0 Å². The predicted molar refractivity (Wildman–Crippen MR) is 142 cm³/mol. The van der Waals surface area contributed by atoms with E-state index in [9.17, 15) is 9.59 Å². The Kier molecular flexibility index (Phi) is 9.33. The van der Waals surface area contributed by atoms with Gasteiger partial charge in [-0.1, -0.05) is 54.6 Å². The van der Waals surface area contributed by atoms with Crippen molar-refractivity contribution in [2.45, 2.75) is 31.7 Å². The number of nitrogens with one attached hydrogen (secondary N) is 3. The third kappa shape index (κ3) is 8.13. The molecule has 0 bridgehead atoms. The number of nitrogens with zero attached hydrogens (tertiary/aromatic N) is 1. The fourth-order valence-corrected chi connectivity index (χ4v) is 4.29. The highest BCUT2D eigenvalue weighted by atomic mass is 16.5. The van der Waals surface area contributed by atoms with Crippen molar-refractivity contribution in [1.29, 1.82) is 0 Å². The minimum absolute atomic E-state index is 0.184. The van der Waals surface area contributed by atoms with Gasteiger partial charge in [0.25, 0.3) is 0 Å². The average Bonchev–Trinajstić information content (AvgIpc) is 3.41. The van der Waals surface area contributed by atoms with Gasteiger partial charge >= 0.3 is 6.03 Å². The van der Waals surface area contributed by atoms with E-state index in [1.165, 1.54) is 12.8 Å². The largest absolute Gasteiger partial charge is 0.457 e. The standard InChI is InChI=1S/C29H34N4O3/c34-28(30-17-10-20-33-18-7-8-19-33)27(21-23-11-3-1-4-12-23)32-29(35)31-24-13-9-16-26(22-24)36-25-14-5-2-6-15-25/h1-6,9,11-16,22,27H,7-8,10,17-21H2,(H,30,34)(H2,31,32,35). The van der Waals surface area contributed by atoms with Crippen LogP contribution in [0.3, 0.4) is 0 Å². The summed E-state index contributed by atoms with van der Waals surface area (Å²) in [5.41, 5.74) is 1.55. The quantitative estimate of drug-likeness (QED) is 0.340. The molecule has 0 saturated carbocycles. The SMILES string of the molecule is O=C(Nc1cccc(Oc2ccccc2)c1)NC(Cc1ccccc1)C(=O)NCCCN1CCCC1. The number of likely N-dealkylation sites (tertiary alicyclic amines) is 1. The second-order valence-electron chi connectivity index (χ2n) is 8.98. The van der Waals surface area contributed by atoms with E-state index in [2.05, 4.69) is 20.9 Å². The number of urea groups is 1. The zero-order valence-corrected chi connectivity index (χ0v) is 20.5. The van der Waals surface area contributed by atoms with Crippen molar-refractivity contribution in [3.05, 3.63) is 90.5 Å². The number of hydrogen-bond acceptors (Lipinski definition) is 4. The summed E-state index contributed by atoms with van der Waals surface area (Å²) in [4.78, 5) is 28.3. The first-order valence-corrected chi connectivity index (χ1v) is 12.6. The van der Waals surface area contributed by atoms with E-state index in [0.29, 0.717) is 30.2 Å². The summed E-state index contributed by atoms with van der Waals surface area (Å²) in [5.74, 6) is 1.13. The molecule has 1 unspecified atom stereocenters. The van der Waals surface area contributed by atoms with Crippen LogP contribution < -0.4 is 20.7 Å². The fraction of sp³-hybridized carbons (Fsp3) is 0.310. The lowest BCUT2D eigenvalue weighted by atomic mass is 10.1. The molecule has 3 amide bonds. The number of rotatable bonds is 11. The van der Waals surface area contributed by atoms with E-state index in [1.54, 1.807) is 12.1 Å². The lowest BCUT2D eigenvalue weighted by Crippen LogP contribution is -2.49. The maximum Gasteiger partial charge on any atom is 0.319 e. The summed E-state index contributed by atoms with van der Waals surface area (Å²) < 4.78 is 5.85. The Morgan fingerprint density at radius 2 is 1.56 bits per heavy atom. The zero-order chi connectivity index (χ0) is 25.0. The smallest absolute Gasteiger partial charge is 0.319 e. The molecule has 0 spiro atoms. The third-order valence-corrected chi connectivity index (χ3v) is 6.12. The molecule has 0 aliphatic carbocycles. The lowest BCUT2D eigenvalue weighted by Gasteiger charge is -2.20. The minimum Gasteiger partial charge on any atom is -0.457 e. The summed E-state index contributed by atoms with van der Waals surface area (Å²) in [5, 5.41) is 8.68. The molecule has 0 radical (unpaired) electrons. The van der Waals surface area contributed by atoms with E-state index in [-0.39, 0.29) is 5.91 Å². The molecule has 4 rings (SSSR count). The molecule has 36 heavy (non-hydrogen) atoms. The van der Waals surface area contributed by atoms with Gasteiger partial charge in [0.1, 0.15) is 17.5 Å². The molecule has 1 saturated heterocycles. The van der Waals surface area contributed by atoms with Gasteiger partial charge in [-0.05, 0) is 68.7 Å². The Morgan fingerprint density at radius 3 is 2.31 bits per heavy atom. The molecule has 0 aromatic heterocycles. The van der Waals surface area contributed by atoms with Crippen LogP contribution in [0.25, 0.3) is 0 Å². The molecule has 1 aliphatic heterocycles. The number of carbonyl (C=O) groups is 2. The van der Waals surface area contributed by atoms with Crippen molar-refractivity contribution in [2.75, 3.05) is 31.5 Å². The van der Waals surface area contributed by atoms with E-state index >= 15 is 0 Å². The number of anilines is 1. The van der Waals surface area contributed by atoms with Crippen LogP contribution in [0.5, 0.6) is 11.5 Å². The lowest BCUT2D eigenvalue weighted by molar-refractivity contribution is -0.122. The van der Waals surface area contributed by atoms with Gasteiger partial charge in [-0.2, -0.15) is 0 Å². The monoisotopic (exact) mass is 486 g/mol. The van der Waals surface area contributed by atoms with Gasteiger partial charge in [-0.15, -0.1) is 0 Å². The highest BCUT2D eigenvalue weighted by molar-refractivity contribution is 5.94. The Morgan fingerprint density at radius 1 is 0.861 bits per heavy atom. The molecule has 3 aromatic rings. The van der Waals surface area contributed by atoms with Crippen LogP contribution in [0, 0.1) is 0 Å². The van der Waals surface area contributed by atoms with E-state index in [4.69, 9.17) is 4.74 Å². The molecule has 3 aromatic carbocycles. The van der Waals surface area contributed by atoms with Gasteiger partial charge < -0.3 is 25.6 Å². The second kappa shape index (κ2) is 13.3. The third-order valence-electron chi connectivity index (χ3n) is 6.12. The number of ether oxygens (including phenoxy) is 1. The topological polar surface area (TPSA) is 82.7 Å². The Bertz CT molecular complexity index is 1100. The van der Waals surface area contributed by atoms with Crippen molar-refractivity contribution in [1.82, 2.24) is 15.5 Å². The highest BCUT2D eigenvalue weighted by Crippen LogP contribution is 2.23. The van der Waals surface area contributed by atoms with E-state index in [1.807, 2.05) is 72.8 Å².